The molecule has 82 valence electrons. The van der Waals surface area contributed by atoms with E-state index in [2.05, 4.69) is 0 Å². The minimum atomic E-state index is 0. The first-order valence-corrected chi connectivity index (χ1v) is 0. The van der Waals surface area contributed by atoms with E-state index in [4.69, 9.17) is 0 Å². The van der Waals surface area contributed by atoms with E-state index in [1.165, 1.54) is 0 Å². The van der Waals surface area contributed by atoms with Gasteiger partial charge in [0.1, 0.15) is 0 Å². The summed E-state index contributed by atoms with van der Waals surface area (Å²) in [5.41, 5.74) is 0. The third kappa shape index (κ3) is 329. The van der Waals surface area contributed by atoms with Crippen molar-refractivity contribution >= 4 is 0 Å². The van der Waals surface area contributed by atoms with E-state index in [0.717, 1.165) is 0 Å². The fourth-order valence-electron chi connectivity index (χ4n) is 0. The molecule has 11 heavy (non-hydrogen) atoms. The second-order valence-electron chi connectivity index (χ2n) is 0. The van der Waals surface area contributed by atoms with Gasteiger partial charge >= 0.3 is 33.0 Å². The standard InChI is InChI=1S/2Ni.7O.2V/q2*+2;7*-2;;. The Morgan fingerprint density at radius 2 is 0.273 bits per heavy atom. The molecule has 0 heterocycles. The maximum atomic E-state index is 0. The Morgan fingerprint density at radius 3 is 0.273 bits per heavy atom. The summed E-state index contributed by atoms with van der Waals surface area (Å²) in [4.78, 5) is 0. The number of rotatable bonds is 0. The maximum absolute atomic E-state index is 0. The molecule has 0 rings (SSSR count). The van der Waals surface area contributed by atoms with E-state index in [0.29, 0.717) is 0 Å². The fourth-order valence-corrected chi connectivity index (χ4v) is 0. The molecule has 0 aliphatic rings. The minimum absolute atomic E-state index is 0. The average Bonchev–Trinajstić information content (AvgIpc) is 0. The summed E-state index contributed by atoms with van der Waals surface area (Å²) in [6.07, 6.45) is 0. The fraction of sp³-hybridized carbons (Fsp3) is 0. The molecule has 11 heteroatoms. The molecule has 0 saturated heterocycles. The largest absolute Gasteiger partial charge is 2.00 e. The summed E-state index contributed by atoms with van der Waals surface area (Å²) >= 11 is 0. The molecule has 2 radical (unpaired) electrons. The van der Waals surface area contributed by atoms with Gasteiger partial charge in [0.05, 0.1) is 0 Å². The van der Waals surface area contributed by atoms with Crippen LogP contribution in [0.2, 0.25) is 0 Å². The van der Waals surface area contributed by atoms with Gasteiger partial charge in [0, 0.05) is 37.1 Å². The van der Waals surface area contributed by atoms with Crippen LogP contribution in [-0.4, -0.2) is 0 Å². The second-order valence-corrected chi connectivity index (χ2v) is 0. The van der Waals surface area contributed by atoms with Gasteiger partial charge in [0.15, 0.2) is 0 Å². The van der Waals surface area contributed by atoms with Gasteiger partial charge in [-0.25, -0.2) is 0 Å². The average molecular weight is 331 g/mol. The van der Waals surface area contributed by atoms with Crippen molar-refractivity contribution < 1.29 is 108 Å². The Morgan fingerprint density at radius 1 is 0.273 bits per heavy atom. The molecule has 0 fully saturated rings. The predicted octanol–water partition coefficient (Wildman–Crippen LogP) is -0.842. The van der Waals surface area contributed by atoms with Crippen molar-refractivity contribution in [1.82, 2.24) is 0 Å². The first-order valence-electron chi connectivity index (χ1n) is 0. The first-order chi connectivity index (χ1) is 0. The van der Waals surface area contributed by atoms with E-state index >= 15 is 0 Å². The zero-order chi connectivity index (χ0) is 0. The summed E-state index contributed by atoms with van der Waals surface area (Å²) in [5, 5.41) is 0. The van der Waals surface area contributed by atoms with E-state index < -0.39 is 0 Å². The third-order valence-corrected chi connectivity index (χ3v) is 0. The van der Waals surface area contributed by atoms with E-state index in [9.17, 15) is 0 Å². The molecule has 7 nitrogen and oxygen atoms in total. The van der Waals surface area contributed by atoms with E-state index in [1.807, 2.05) is 0 Å². The Balaban J connectivity index is 0. The van der Waals surface area contributed by atoms with Gasteiger partial charge in [-0.3, -0.25) is 0 Å². The Hall–Kier alpha value is 1.88. The summed E-state index contributed by atoms with van der Waals surface area (Å²) in [6, 6.07) is 0. The topological polar surface area (TPSA) is 200 Å². The minimum Gasteiger partial charge on any atom is -2.00 e. The number of hydrogen-bond acceptors (Lipinski definition) is 0. The molecule has 0 amide bonds. The van der Waals surface area contributed by atoms with Gasteiger partial charge in [-0.15, -0.1) is 0 Å². The Labute approximate surface area is 108 Å². The van der Waals surface area contributed by atoms with E-state index in [-0.39, 0.29) is 108 Å². The van der Waals surface area contributed by atoms with Crippen molar-refractivity contribution in [2.45, 2.75) is 0 Å². The van der Waals surface area contributed by atoms with Crippen LogP contribution < -0.4 is 0 Å². The summed E-state index contributed by atoms with van der Waals surface area (Å²) in [6.45, 7) is 0. The molecular weight excluding hydrogens is 331 g/mol. The van der Waals surface area contributed by atoms with Crippen molar-refractivity contribution in [3.63, 3.8) is 0 Å². The summed E-state index contributed by atoms with van der Waals surface area (Å²) in [5.74, 6) is 0. The molecule has 0 aromatic heterocycles. The van der Waals surface area contributed by atoms with Crippen molar-refractivity contribution in [3.8, 4) is 0 Å². The molecule has 0 aromatic carbocycles. The summed E-state index contributed by atoms with van der Waals surface area (Å²) < 4.78 is 0. The zero-order valence-corrected chi connectivity index (χ0v) is 9.15. The molecule has 0 aliphatic heterocycles. The SMILES string of the molecule is [Ni+2].[Ni+2].[O-2].[O-2].[O-2].[O-2].[O-2].[O-2].[O-2].[V].[V]. The molecule has 0 atom stereocenters. The van der Waals surface area contributed by atoms with Crippen LogP contribution in [-0.2, 0) is 108 Å². The monoisotopic (exact) mass is 330 g/mol. The molecule has 0 saturated carbocycles. The molecule has 0 aliphatic carbocycles. The molecular formula is Ni2O7V2-10. The van der Waals surface area contributed by atoms with Gasteiger partial charge in [-0.05, 0) is 0 Å². The molecule has 0 N–H and O–H groups in total. The smallest absolute Gasteiger partial charge is 2.00 e. The van der Waals surface area contributed by atoms with Gasteiger partial charge in [-0.2, -0.15) is 0 Å². The number of hydrogen-bond donors (Lipinski definition) is 0. The first kappa shape index (κ1) is 516. The Bertz CT molecular complexity index is 14.4. The van der Waals surface area contributed by atoms with Crippen molar-refractivity contribution in [2.24, 2.45) is 0 Å². The van der Waals surface area contributed by atoms with Gasteiger partial charge in [0.25, 0.3) is 0 Å². The Kier molecular flexibility index (Phi) is 18700. The van der Waals surface area contributed by atoms with Crippen LogP contribution in [0.5, 0.6) is 0 Å². The van der Waals surface area contributed by atoms with E-state index in [1.54, 1.807) is 0 Å². The molecule has 0 spiro atoms. The second kappa shape index (κ2) is 399. The van der Waals surface area contributed by atoms with Crippen LogP contribution in [0, 0.1) is 0 Å². The van der Waals surface area contributed by atoms with Crippen molar-refractivity contribution in [2.75, 3.05) is 0 Å². The van der Waals surface area contributed by atoms with Crippen LogP contribution in [0.3, 0.4) is 0 Å². The van der Waals surface area contributed by atoms with Crippen LogP contribution in [0.4, 0.5) is 0 Å². The van der Waals surface area contributed by atoms with Crippen LogP contribution in [0.1, 0.15) is 0 Å². The molecule has 0 bridgehead atoms. The molecule has 0 aromatic rings. The predicted molar refractivity (Wildman–Crippen MR) is 4.81 cm³/mol. The van der Waals surface area contributed by atoms with Crippen LogP contribution >= 0.6 is 0 Å². The zero-order valence-electron chi connectivity index (χ0n) is 4.38. The molecule has 0 unspecified atom stereocenters. The van der Waals surface area contributed by atoms with Gasteiger partial charge in [-0.1, -0.05) is 0 Å². The van der Waals surface area contributed by atoms with Crippen LogP contribution in [0.15, 0.2) is 0 Å². The quantitative estimate of drug-likeness (QED) is 0.498. The van der Waals surface area contributed by atoms with Crippen molar-refractivity contribution in [1.29, 1.82) is 0 Å². The summed E-state index contributed by atoms with van der Waals surface area (Å²) in [7, 11) is 0. The normalized spacial score (nSPS) is 0. The van der Waals surface area contributed by atoms with Crippen LogP contribution in [0.25, 0.3) is 0 Å². The van der Waals surface area contributed by atoms with Gasteiger partial charge in [0.2, 0.25) is 0 Å². The van der Waals surface area contributed by atoms with Gasteiger partial charge < -0.3 is 38.3 Å². The maximum Gasteiger partial charge on any atom is 2.00 e. The third-order valence-electron chi connectivity index (χ3n) is 0. The van der Waals surface area contributed by atoms with Crippen molar-refractivity contribution in [3.05, 3.63) is 0 Å².